The van der Waals surface area contributed by atoms with Gasteiger partial charge in [-0.3, -0.25) is 0 Å². The zero-order chi connectivity index (χ0) is 29.7. The van der Waals surface area contributed by atoms with Crippen molar-refractivity contribution in [1.29, 1.82) is 0 Å². The van der Waals surface area contributed by atoms with E-state index in [1.165, 1.54) is 0 Å². The summed E-state index contributed by atoms with van der Waals surface area (Å²) in [6, 6.07) is 16.7. The molecule has 2 unspecified atom stereocenters. The molecular formula is C28H41N3O8Si. The van der Waals surface area contributed by atoms with Crippen LogP contribution in [-0.4, -0.2) is 95.7 Å². The second-order valence-corrected chi connectivity index (χ2v) is 16.6. The average Bonchev–Trinajstić information content (AvgIpc) is 2.87. The Morgan fingerprint density at radius 3 is 1.52 bits per heavy atom. The highest BCUT2D eigenvalue weighted by Crippen LogP contribution is 2.14. The molecule has 2 rings (SSSR count). The number of aliphatic hydroxyl groups excluding tert-OH is 2. The van der Waals surface area contributed by atoms with Crippen molar-refractivity contribution >= 4 is 26.4 Å². The van der Waals surface area contributed by atoms with Crippen LogP contribution in [0.4, 0.5) is 14.4 Å². The van der Waals surface area contributed by atoms with E-state index in [0.717, 1.165) is 16.0 Å². The first-order valence-electron chi connectivity index (χ1n) is 13.2. The van der Waals surface area contributed by atoms with E-state index in [-0.39, 0.29) is 32.5 Å². The van der Waals surface area contributed by atoms with Gasteiger partial charge in [0.25, 0.3) is 0 Å². The molecule has 40 heavy (non-hydrogen) atoms. The van der Waals surface area contributed by atoms with Gasteiger partial charge in [0.05, 0.1) is 44.0 Å². The number of ether oxygens (including phenoxy) is 1. The maximum Gasteiger partial charge on any atom is 0.409 e. The smallest absolute Gasteiger partial charge is 0.409 e. The highest BCUT2D eigenvalue weighted by molar-refractivity contribution is 6.76. The normalized spacial score (nSPS) is 14.3. The highest BCUT2D eigenvalue weighted by atomic mass is 28.3. The van der Waals surface area contributed by atoms with Crippen LogP contribution < -0.4 is 10.6 Å². The summed E-state index contributed by atoms with van der Waals surface area (Å²) in [6.45, 7) is 5.83. The molecule has 0 fully saturated rings. The maximum atomic E-state index is 13.1. The third kappa shape index (κ3) is 12.5. The number of hydrogen-bond acceptors (Lipinski definition) is 6. The number of hydrogen-bond donors (Lipinski definition) is 6. The largest absolute Gasteiger partial charge is 0.465 e. The molecule has 0 radical (unpaired) electrons. The van der Waals surface area contributed by atoms with Gasteiger partial charge in [0.15, 0.2) is 0 Å². The zero-order valence-electron chi connectivity index (χ0n) is 23.2. The summed E-state index contributed by atoms with van der Waals surface area (Å²) >= 11 is 0. The Kier molecular flexibility index (Phi) is 12.9. The molecule has 0 aliphatic heterocycles. The molecule has 4 atom stereocenters. The van der Waals surface area contributed by atoms with Crippen molar-refractivity contribution in [2.75, 3.05) is 19.7 Å². The Balaban J connectivity index is 2.24. The monoisotopic (exact) mass is 575 g/mol. The lowest BCUT2D eigenvalue weighted by Gasteiger charge is -2.32. The van der Waals surface area contributed by atoms with Crippen LogP contribution in [0, 0.1) is 0 Å². The minimum absolute atomic E-state index is 0.152. The van der Waals surface area contributed by atoms with E-state index in [9.17, 15) is 34.8 Å². The van der Waals surface area contributed by atoms with E-state index < -0.39 is 50.6 Å². The Morgan fingerprint density at radius 1 is 0.775 bits per heavy atom. The first-order chi connectivity index (χ1) is 18.8. The molecule has 0 saturated carbocycles. The molecule has 0 aromatic heterocycles. The van der Waals surface area contributed by atoms with Crippen molar-refractivity contribution < 1.29 is 39.5 Å². The Bertz CT molecular complexity index is 999. The fourth-order valence-corrected chi connectivity index (χ4v) is 4.80. The van der Waals surface area contributed by atoms with Gasteiger partial charge in [-0.25, -0.2) is 14.4 Å². The van der Waals surface area contributed by atoms with Crippen molar-refractivity contribution in [3.8, 4) is 0 Å². The summed E-state index contributed by atoms with van der Waals surface area (Å²) in [4.78, 5) is 37.2. The number of nitrogens with one attached hydrogen (secondary N) is 2. The van der Waals surface area contributed by atoms with Gasteiger partial charge in [-0.15, -0.1) is 0 Å². The molecule has 0 spiro atoms. The number of nitrogens with zero attached hydrogens (tertiary/aromatic N) is 1. The minimum atomic E-state index is -1.53. The molecule has 3 amide bonds. The van der Waals surface area contributed by atoms with Crippen LogP contribution in [0.25, 0.3) is 0 Å². The van der Waals surface area contributed by atoms with Crippen LogP contribution in [-0.2, 0) is 17.6 Å². The quantitative estimate of drug-likeness (QED) is 0.176. The molecule has 0 bridgehead atoms. The summed E-state index contributed by atoms with van der Waals surface area (Å²) < 4.78 is 5.47. The Labute approximate surface area is 235 Å². The Morgan fingerprint density at radius 2 is 1.18 bits per heavy atom. The van der Waals surface area contributed by atoms with Crippen molar-refractivity contribution in [1.82, 2.24) is 15.5 Å². The van der Waals surface area contributed by atoms with Gasteiger partial charge < -0.3 is 40.7 Å². The van der Waals surface area contributed by atoms with Crippen molar-refractivity contribution in [2.24, 2.45) is 0 Å². The van der Waals surface area contributed by atoms with Crippen molar-refractivity contribution in [3.63, 3.8) is 0 Å². The first kappa shape index (κ1) is 32.6. The molecule has 11 nitrogen and oxygen atoms in total. The fourth-order valence-electron chi connectivity index (χ4n) is 4.09. The number of carbonyl (C=O) groups is 3. The third-order valence-corrected chi connectivity index (χ3v) is 8.00. The lowest BCUT2D eigenvalue weighted by molar-refractivity contribution is 0.0298. The van der Waals surface area contributed by atoms with Gasteiger partial charge in [-0.1, -0.05) is 80.3 Å². The summed E-state index contributed by atoms with van der Waals surface area (Å²) in [5, 5.41) is 45.5. The van der Waals surface area contributed by atoms with E-state index in [1.807, 2.05) is 12.1 Å². The van der Waals surface area contributed by atoms with Crippen LogP contribution >= 0.6 is 0 Å². The van der Waals surface area contributed by atoms with Crippen LogP contribution in [0.15, 0.2) is 60.7 Å². The maximum absolute atomic E-state index is 13.1. The standard InChI is InChI=1S/C28H41N3O8Si/c1-40(2,3)15-14-39-28(38)31(18-24(32)22(29-26(34)35)16-20-10-6-4-7-11-20)19-25(33)23(30-27(36)37)17-21-12-8-5-9-13-21/h4-13,22-25,29-30,32-33H,14-19H2,1-3H3,(H,34,35)(H,36,37)/t22?,23?,24-,25+. The zero-order valence-corrected chi connectivity index (χ0v) is 24.2. The molecule has 6 N–H and O–H groups in total. The molecule has 220 valence electrons. The molecule has 12 heteroatoms. The van der Waals surface area contributed by atoms with Gasteiger partial charge in [0.2, 0.25) is 0 Å². The second-order valence-electron chi connectivity index (χ2n) is 11.0. The van der Waals surface area contributed by atoms with E-state index in [2.05, 4.69) is 30.3 Å². The summed E-state index contributed by atoms with van der Waals surface area (Å²) in [5.41, 5.74) is 1.55. The van der Waals surface area contributed by atoms with Crippen molar-refractivity contribution in [3.05, 3.63) is 71.8 Å². The molecule has 2 aromatic rings. The number of carbonyl (C=O) groups excluding carboxylic acids is 1. The lowest BCUT2D eigenvalue weighted by atomic mass is 9.99. The third-order valence-electron chi connectivity index (χ3n) is 6.29. The predicted octanol–water partition coefficient (Wildman–Crippen LogP) is 3.24. The molecule has 0 aliphatic carbocycles. The van der Waals surface area contributed by atoms with Crippen LogP contribution in [0.2, 0.25) is 25.7 Å². The summed E-state index contributed by atoms with van der Waals surface area (Å²) in [7, 11) is -1.53. The number of amides is 3. The average molecular weight is 576 g/mol. The number of rotatable bonds is 15. The van der Waals surface area contributed by atoms with Gasteiger partial charge in [-0.05, 0) is 30.0 Å². The highest BCUT2D eigenvalue weighted by Gasteiger charge is 2.31. The number of carboxylic acid groups (broad SMARTS) is 2. The first-order valence-corrected chi connectivity index (χ1v) is 16.9. The molecule has 2 aromatic carbocycles. The van der Waals surface area contributed by atoms with Gasteiger partial charge in [0, 0.05) is 8.07 Å². The SMILES string of the molecule is C[Si](C)(C)CCOC(=O)N(C[C@@H](O)C(Cc1ccccc1)NC(=O)O)C[C@H](O)C(Cc1ccccc1)NC(=O)O. The number of aliphatic hydroxyl groups is 2. The predicted molar refractivity (Wildman–Crippen MR) is 153 cm³/mol. The van der Waals surface area contributed by atoms with Crippen LogP contribution in [0.1, 0.15) is 11.1 Å². The molecule has 0 heterocycles. The van der Waals surface area contributed by atoms with E-state index in [1.54, 1.807) is 48.5 Å². The van der Waals surface area contributed by atoms with E-state index in [4.69, 9.17) is 4.74 Å². The van der Waals surface area contributed by atoms with Gasteiger partial charge >= 0.3 is 18.3 Å². The molecule has 0 saturated heterocycles. The number of benzene rings is 2. The van der Waals surface area contributed by atoms with E-state index >= 15 is 0 Å². The van der Waals surface area contributed by atoms with Crippen molar-refractivity contribution in [2.45, 2.75) is 62.8 Å². The van der Waals surface area contributed by atoms with Crippen LogP contribution in [0.3, 0.4) is 0 Å². The van der Waals surface area contributed by atoms with E-state index in [0.29, 0.717) is 6.04 Å². The van der Waals surface area contributed by atoms with Gasteiger partial charge in [-0.2, -0.15) is 0 Å². The van der Waals surface area contributed by atoms with Crippen LogP contribution in [0.5, 0.6) is 0 Å². The lowest BCUT2D eigenvalue weighted by Crippen LogP contribution is -2.54. The molecule has 0 aliphatic rings. The summed E-state index contributed by atoms with van der Waals surface area (Å²) in [6.07, 6.45) is -5.85. The topological polar surface area (TPSA) is 169 Å². The second kappa shape index (κ2) is 15.8. The minimum Gasteiger partial charge on any atom is -0.465 e. The summed E-state index contributed by atoms with van der Waals surface area (Å²) in [5.74, 6) is 0. The molecular weight excluding hydrogens is 534 g/mol. The Hall–Kier alpha value is -3.61. The van der Waals surface area contributed by atoms with Gasteiger partial charge in [0.1, 0.15) is 0 Å². The fraction of sp³-hybridized carbons (Fsp3) is 0.464.